The fourth-order valence-corrected chi connectivity index (χ4v) is 3.44. The van der Waals surface area contributed by atoms with Crippen molar-refractivity contribution in [2.75, 3.05) is 7.11 Å². The number of aliphatic hydroxyl groups is 1. The van der Waals surface area contributed by atoms with E-state index < -0.39 is 29.8 Å². The van der Waals surface area contributed by atoms with Gasteiger partial charge in [-0.1, -0.05) is 19.1 Å². The number of carbonyl (C=O) groups excluding carboxylic acids is 2. The lowest BCUT2D eigenvalue weighted by molar-refractivity contribution is -0.137. The summed E-state index contributed by atoms with van der Waals surface area (Å²) in [4.78, 5) is 24.2. The number of aromatic nitrogens is 3. The molecule has 0 bridgehead atoms. The lowest BCUT2D eigenvalue weighted by Gasteiger charge is -2.38. The molecule has 2 rings (SSSR count). The molecule has 1 aromatic rings. The van der Waals surface area contributed by atoms with Crippen LogP contribution in [0.4, 0.5) is 0 Å². The van der Waals surface area contributed by atoms with E-state index in [1.54, 1.807) is 30.8 Å². The largest absolute Gasteiger partial charge is 0.466 e. The first-order valence-electron chi connectivity index (χ1n) is 9.96. The molecule has 2 N–H and O–H groups in total. The molecule has 0 spiro atoms. The SMILES string of the molecule is CCC(CC)O[C@@H]1CC(C(=O)OC)=C[C@H](n2cc(C(C)(C)O)nn2)[C@H]1NC(C)=O. The van der Waals surface area contributed by atoms with E-state index in [9.17, 15) is 14.7 Å². The first kappa shape index (κ1) is 23.0. The Morgan fingerprint density at radius 2 is 2.03 bits per heavy atom. The van der Waals surface area contributed by atoms with E-state index in [0.717, 1.165) is 12.8 Å². The zero-order valence-electron chi connectivity index (χ0n) is 18.0. The number of carbonyl (C=O) groups is 2. The van der Waals surface area contributed by atoms with E-state index >= 15 is 0 Å². The number of methoxy groups -OCH3 is 1. The van der Waals surface area contributed by atoms with Gasteiger partial charge >= 0.3 is 5.97 Å². The molecule has 9 nitrogen and oxygen atoms in total. The van der Waals surface area contributed by atoms with Crippen LogP contribution in [0.5, 0.6) is 0 Å². The average molecular weight is 408 g/mol. The molecule has 0 radical (unpaired) electrons. The molecule has 9 heteroatoms. The molecule has 3 atom stereocenters. The average Bonchev–Trinajstić information content (AvgIpc) is 3.16. The lowest BCUT2D eigenvalue weighted by atomic mass is 9.87. The van der Waals surface area contributed by atoms with E-state index in [-0.39, 0.29) is 12.0 Å². The third kappa shape index (κ3) is 5.63. The van der Waals surface area contributed by atoms with Gasteiger partial charge in [-0.05, 0) is 32.8 Å². The summed E-state index contributed by atoms with van der Waals surface area (Å²) in [6.45, 7) is 8.73. The molecular formula is C20H32N4O5. The van der Waals surface area contributed by atoms with Gasteiger partial charge in [0.1, 0.15) is 11.3 Å². The van der Waals surface area contributed by atoms with E-state index in [1.807, 2.05) is 13.8 Å². The van der Waals surface area contributed by atoms with Crippen molar-refractivity contribution in [3.63, 3.8) is 0 Å². The Morgan fingerprint density at radius 3 is 2.52 bits per heavy atom. The summed E-state index contributed by atoms with van der Waals surface area (Å²) in [7, 11) is 1.33. The van der Waals surface area contributed by atoms with Gasteiger partial charge in [0.25, 0.3) is 0 Å². The molecule has 0 fully saturated rings. The van der Waals surface area contributed by atoms with Gasteiger partial charge in [0.15, 0.2) is 0 Å². The highest BCUT2D eigenvalue weighted by Gasteiger charge is 2.39. The molecule has 162 valence electrons. The Hall–Kier alpha value is -2.26. The second-order valence-corrected chi connectivity index (χ2v) is 7.86. The van der Waals surface area contributed by atoms with E-state index in [4.69, 9.17) is 9.47 Å². The van der Waals surface area contributed by atoms with Crippen LogP contribution in [0.2, 0.25) is 0 Å². The van der Waals surface area contributed by atoms with Crippen molar-refractivity contribution >= 4 is 11.9 Å². The molecule has 1 aliphatic rings. The zero-order valence-corrected chi connectivity index (χ0v) is 18.0. The molecule has 1 heterocycles. The van der Waals surface area contributed by atoms with Crippen LogP contribution in [0.1, 0.15) is 65.6 Å². The van der Waals surface area contributed by atoms with Crippen LogP contribution < -0.4 is 5.32 Å². The van der Waals surface area contributed by atoms with Gasteiger partial charge in [-0.25, -0.2) is 9.48 Å². The topological polar surface area (TPSA) is 116 Å². The number of ether oxygens (including phenoxy) is 2. The van der Waals surface area contributed by atoms with Crippen molar-refractivity contribution < 1.29 is 24.2 Å². The van der Waals surface area contributed by atoms with Gasteiger partial charge in [-0.15, -0.1) is 5.10 Å². The van der Waals surface area contributed by atoms with Crippen LogP contribution in [0.25, 0.3) is 0 Å². The van der Waals surface area contributed by atoms with Crippen LogP contribution in [0.15, 0.2) is 17.8 Å². The number of esters is 1. The van der Waals surface area contributed by atoms with Crippen LogP contribution >= 0.6 is 0 Å². The molecular weight excluding hydrogens is 376 g/mol. The fraction of sp³-hybridized carbons (Fsp3) is 0.700. The van der Waals surface area contributed by atoms with Crippen LogP contribution in [0, 0.1) is 0 Å². The van der Waals surface area contributed by atoms with Crippen LogP contribution in [0.3, 0.4) is 0 Å². The number of rotatable bonds is 8. The minimum absolute atomic E-state index is 0.00316. The number of hydrogen-bond donors (Lipinski definition) is 2. The predicted octanol–water partition coefficient (Wildman–Crippen LogP) is 1.63. The number of nitrogens with one attached hydrogen (secondary N) is 1. The summed E-state index contributed by atoms with van der Waals surface area (Å²) < 4.78 is 12.7. The molecule has 29 heavy (non-hydrogen) atoms. The zero-order chi connectivity index (χ0) is 21.8. The van der Waals surface area contributed by atoms with Crippen molar-refractivity contribution in [3.05, 3.63) is 23.5 Å². The predicted molar refractivity (Wildman–Crippen MR) is 106 cm³/mol. The first-order chi connectivity index (χ1) is 13.6. The summed E-state index contributed by atoms with van der Waals surface area (Å²) in [5.41, 5.74) is -0.331. The van der Waals surface area contributed by atoms with Gasteiger partial charge in [0.05, 0.1) is 37.6 Å². The minimum Gasteiger partial charge on any atom is -0.466 e. The minimum atomic E-state index is -1.17. The van der Waals surface area contributed by atoms with E-state index in [2.05, 4.69) is 15.6 Å². The van der Waals surface area contributed by atoms with Gasteiger partial charge in [-0.3, -0.25) is 4.79 Å². The number of hydrogen-bond acceptors (Lipinski definition) is 7. The smallest absolute Gasteiger partial charge is 0.333 e. The van der Waals surface area contributed by atoms with Crippen molar-refractivity contribution in [1.82, 2.24) is 20.3 Å². The lowest BCUT2D eigenvalue weighted by Crippen LogP contribution is -2.52. The van der Waals surface area contributed by atoms with Gasteiger partial charge in [0.2, 0.25) is 5.91 Å². The normalized spacial score (nSPS) is 22.3. The summed E-state index contributed by atoms with van der Waals surface area (Å²) in [5, 5.41) is 21.4. The molecule has 0 unspecified atom stereocenters. The maximum absolute atomic E-state index is 12.3. The molecule has 0 aromatic carbocycles. The molecule has 1 aromatic heterocycles. The third-order valence-corrected chi connectivity index (χ3v) is 5.10. The van der Waals surface area contributed by atoms with Crippen molar-refractivity contribution in [1.29, 1.82) is 0 Å². The van der Waals surface area contributed by atoms with Gasteiger partial charge < -0.3 is 19.9 Å². The molecule has 1 amide bonds. The molecule has 0 aliphatic heterocycles. The fourth-order valence-electron chi connectivity index (χ4n) is 3.44. The summed E-state index contributed by atoms with van der Waals surface area (Å²) in [5.74, 6) is -0.659. The maximum atomic E-state index is 12.3. The molecule has 1 aliphatic carbocycles. The van der Waals surface area contributed by atoms with Crippen molar-refractivity contribution in [2.24, 2.45) is 0 Å². The van der Waals surface area contributed by atoms with Crippen LogP contribution in [-0.4, -0.2) is 57.3 Å². The highest BCUT2D eigenvalue weighted by atomic mass is 16.5. The highest BCUT2D eigenvalue weighted by Crippen LogP contribution is 2.32. The second-order valence-electron chi connectivity index (χ2n) is 7.86. The standard InChI is InChI=1S/C20H32N4O5/c1-7-14(8-2)29-16-10-13(19(26)28-6)9-15(18(16)21-12(3)25)24-11-17(22-23-24)20(4,5)27/h9,11,14-16,18,27H,7-8,10H2,1-6H3,(H,21,25)/t15-,16+,18+/m0/s1. The van der Waals surface area contributed by atoms with Gasteiger partial charge in [0, 0.05) is 18.9 Å². The highest BCUT2D eigenvalue weighted by molar-refractivity contribution is 5.89. The monoisotopic (exact) mass is 408 g/mol. The third-order valence-electron chi connectivity index (χ3n) is 5.10. The Bertz CT molecular complexity index is 748. The summed E-state index contributed by atoms with van der Waals surface area (Å²) >= 11 is 0. The molecule has 0 saturated carbocycles. The van der Waals surface area contributed by atoms with Crippen molar-refractivity contribution in [3.8, 4) is 0 Å². The summed E-state index contributed by atoms with van der Waals surface area (Å²) in [6, 6.07) is -0.984. The molecule has 0 saturated heterocycles. The van der Waals surface area contributed by atoms with Gasteiger partial charge in [-0.2, -0.15) is 0 Å². The van der Waals surface area contributed by atoms with E-state index in [0.29, 0.717) is 17.7 Å². The second kappa shape index (κ2) is 9.49. The Labute approximate surface area is 171 Å². The van der Waals surface area contributed by atoms with E-state index in [1.165, 1.54) is 14.0 Å². The first-order valence-corrected chi connectivity index (χ1v) is 9.96. The quantitative estimate of drug-likeness (QED) is 0.628. The Balaban J connectivity index is 2.49. The van der Waals surface area contributed by atoms with Crippen LogP contribution in [-0.2, 0) is 24.7 Å². The number of amides is 1. The maximum Gasteiger partial charge on any atom is 0.333 e. The Kier molecular flexibility index (Phi) is 7.54. The summed E-state index contributed by atoms with van der Waals surface area (Å²) in [6.07, 6.45) is 4.84. The van der Waals surface area contributed by atoms with Crippen molar-refractivity contribution in [2.45, 2.75) is 83.8 Å². The Morgan fingerprint density at radius 1 is 1.38 bits per heavy atom. The number of nitrogens with zero attached hydrogens (tertiary/aromatic N) is 3.